The number of H-pyrrole nitrogens is 1. The van der Waals surface area contributed by atoms with Crippen molar-refractivity contribution in [3.8, 4) is 11.3 Å². The van der Waals surface area contributed by atoms with Gasteiger partial charge in [0, 0.05) is 5.56 Å². The Bertz CT molecular complexity index is 549. The highest BCUT2D eigenvalue weighted by Crippen LogP contribution is 2.28. The maximum Gasteiger partial charge on any atom is 0.353 e. The third-order valence-corrected chi connectivity index (χ3v) is 2.47. The average Bonchev–Trinajstić information content (AvgIpc) is 2.78. The van der Waals surface area contributed by atoms with Crippen molar-refractivity contribution < 1.29 is 14.3 Å². The second kappa shape index (κ2) is 4.37. The Hall–Kier alpha value is -2.17. The standard InChI is InChI=1S/C12H11FN2O2/c1-7(13)8-4-2-3-5-9(8)10-6-11(12(16)17)15-14-10/h2-7H,1H3,(H,14,15)(H,16,17). The van der Waals surface area contributed by atoms with Crippen LogP contribution in [0.4, 0.5) is 4.39 Å². The van der Waals surface area contributed by atoms with Gasteiger partial charge in [-0.2, -0.15) is 5.10 Å². The monoisotopic (exact) mass is 234 g/mol. The molecule has 2 N–H and O–H groups in total. The largest absolute Gasteiger partial charge is 0.477 e. The summed E-state index contributed by atoms with van der Waals surface area (Å²) in [7, 11) is 0. The molecule has 0 spiro atoms. The molecule has 88 valence electrons. The molecule has 0 bridgehead atoms. The van der Waals surface area contributed by atoms with Crippen LogP contribution in [0.3, 0.4) is 0 Å². The molecule has 0 amide bonds. The van der Waals surface area contributed by atoms with Gasteiger partial charge >= 0.3 is 5.97 Å². The molecule has 4 nitrogen and oxygen atoms in total. The number of carboxylic acid groups (broad SMARTS) is 1. The van der Waals surface area contributed by atoms with Gasteiger partial charge < -0.3 is 5.11 Å². The number of hydrogen-bond acceptors (Lipinski definition) is 2. The number of alkyl halides is 1. The Labute approximate surface area is 97.1 Å². The predicted octanol–water partition coefficient (Wildman–Crippen LogP) is 2.81. The van der Waals surface area contributed by atoms with Crippen molar-refractivity contribution in [2.45, 2.75) is 13.1 Å². The topological polar surface area (TPSA) is 66.0 Å². The minimum atomic E-state index is -1.13. The first-order valence-corrected chi connectivity index (χ1v) is 5.11. The first-order valence-electron chi connectivity index (χ1n) is 5.11. The van der Waals surface area contributed by atoms with Crippen molar-refractivity contribution >= 4 is 5.97 Å². The maximum atomic E-state index is 13.4. The number of aromatic nitrogens is 2. The number of aromatic carboxylic acids is 1. The summed E-state index contributed by atoms with van der Waals surface area (Å²) in [6.07, 6.45) is -1.13. The SMILES string of the molecule is CC(F)c1ccccc1-c1cc(C(=O)O)[nH]n1. The normalized spacial score (nSPS) is 12.4. The number of nitrogens with zero attached hydrogens (tertiary/aromatic N) is 1. The van der Waals surface area contributed by atoms with E-state index in [2.05, 4.69) is 10.2 Å². The smallest absolute Gasteiger partial charge is 0.353 e. The number of benzene rings is 1. The van der Waals surface area contributed by atoms with Crippen LogP contribution < -0.4 is 0 Å². The lowest BCUT2D eigenvalue weighted by atomic mass is 10.0. The van der Waals surface area contributed by atoms with Crippen molar-refractivity contribution in [3.05, 3.63) is 41.6 Å². The molecule has 0 fully saturated rings. The van der Waals surface area contributed by atoms with E-state index in [-0.39, 0.29) is 5.69 Å². The molecule has 0 aliphatic heterocycles. The average molecular weight is 234 g/mol. The zero-order chi connectivity index (χ0) is 12.4. The summed E-state index contributed by atoms with van der Waals surface area (Å²) in [5.74, 6) is -1.09. The molecule has 2 aromatic rings. The number of halogens is 1. The third kappa shape index (κ3) is 2.18. The molecule has 1 heterocycles. The van der Waals surface area contributed by atoms with Crippen LogP contribution in [-0.4, -0.2) is 21.3 Å². The highest BCUT2D eigenvalue weighted by atomic mass is 19.1. The van der Waals surface area contributed by atoms with E-state index in [1.54, 1.807) is 24.3 Å². The molecule has 0 aliphatic rings. The molecule has 1 atom stereocenters. The van der Waals surface area contributed by atoms with Crippen LogP contribution in [-0.2, 0) is 0 Å². The lowest BCUT2D eigenvalue weighted by Gasteiger charge is -2.07. The second-order valence-electron chi connectivity index (χ2n) is 3.68. The maximum absolute atomic E-state index is 13.4. The Morgan fingerprint density at radius 2 is 2.18 bits per heavy atom. The summed E-state index contributed by atoms with van der Waals surface area (Å²) < 4.78 is 13.4. The first-order chi connectivity index (χ1) is 8.09. The van der Waals surface area contributed by atoms with Crippen LogP contribution in [0.2, 0.25) is 0 Å². The molecule has 0 radical (unpaired) electrons. The van der Waals surface area contributed by atoms with Gasteiger partial charge in [-0.25, -0.2) is 9.18 Å². The Kier molecular flexibility index (Phi) is 2.91. The molecule has 0 aliphatic carbocycles. The van der Waals surface area contributed by atoms with Crippen molar-refractivity contribution in [3.63, 3.8) is 0 Å². The van der Waals surface area contributed by atoms with Gasteiger partial charge in [0.05, 0.1) is 5.69 Å². The van der Waals surface area contributed by atoms with Crippen molar-refractivity contribution in [1.82, 2.24) is 10.2 Å². The van der Waals surface area contributed by atoms with E-state index in [0.717, 1.165) is 0 Å². The van der Waals surface area contributed by atoms with Crippen molar-refractivity contribution in [1.29, 1.82) is 0 Å². The minimum Gasteiger partial charge on any atom is -0.477 e. The van der Waals surface area contributed by atoms with Crippen LogP contribution in [0.1, 0.15) is 29.1 Å². The van der Waals surface area contributed by atoms with Crippen molar-refractivity contribution in [2.24, 2.45) is 0 Å². The molecular formula is C12H11FN2O2. The van der Waals surface area contributed by atoms with Crippen LogP contribution in [0.5, 0.6) is 0 Å². The fraction of sp³-hybridized carbons (Fsp3) is 0.167. The van der Waals surface area contributed by atoms with Crippen LogP contribution in [0.25, 0.3) is 11.3 Å². The number of carboxylic acids is 1. The molecule has 1 unspecified atom stereocenters. The van der Waals surface area contributed by atoms with E-state index in [9.17, 15) is 9.18 Å². The zero-order valence-electron chi connectivity index (χ0n) is 9.14. The summed E-state index contributed by atoms with van der Waals surface area (Å²) in [4.78, 5) is 10.7. The van der Waals surface area contributed by atoms with Gasteiger partial charge in [-0.3, -0.25) is 5.10 Å². The van der Waals surface area contributed by atoms with Crippen LogP contribution in [0.15, 0.2) is 30.3 Å². The molecule has 17 heavy (non-hydrogen) atoms. The van der Waals surface area contributed by atoms with Gasteiger partial charge in [0.15, 0.2) is 0 Å². The highest BCUT2D eigenvalue weighted by molar-refractivity contribution is 5.87. The van der Waals surface area contributed by atoms with Gasteiger partial charge in [-0.15, -0.1) is 0 Å². The summed E-state index contributed by atoms with van der Waals surface area (Å²) >= 11 is 0. The summed E-state index contributed by atoms with van der Waals surface area (Å²) in [6, 6.07) is 8.27. The summed E-state index contributed by atoms with van der Waals surface area (Å²) in [5, 5.41) is 15.1. The number of hydrogen-bond donors (Lipinski definition) is 2. The molecule has 0 saturated carbocycles. The van der Waals surface area contributed by atoms with Gasteiger partial charge in [0.2, 0.25) is 0 Å². The second-order valence-corrected chi connectivity index (χ2v) is 3.68. The summed E-state index contributed by atoms with van der Waals surface area (Å²) in [6.45, 7) is 1.43. The molecule has 1 aromatic carbocycles. The zero-order valence-corrected chi connectivity index (χ0v) is 9.14. The molecule has 1 aromatic heterocycles. The fourth-order valence-corrected chi connectivity index (χ4v) is 1.65. The number of rotatable bonds is 3. The molecule has 5 heteroatoms. The fourth-order valence-electron chi connectivity index (χ4n) is 1.65. The number of carbonyl (C=O) groups is 1. The van der Waals surface area contributed by atoms with Gasteiger partial charge in [0.1, 0.15) is 11.9 Å². The van der Waals surface area contributed by atoms with Crippen molar-refractivity contribution in [2.75, 3.05) is 0 Å². The first kappa shape index (κ1) is 11.3. The van der Waals surface area contributed by atoms with Gasteiger partial charge in [0.25, 0.3) is 0 Å². The molecule has 2 rings (SSSR count). The lowest BCUT2D eigenvalue weighted by Crippen LogP contribution is -1.95. The van der Waals surface area contributed by atoms with Gasteiger partial charge in [-0.1, -0.05) is 24.3 Å². The van der Waals surface area contributed by atoms with E-state index >= 15 is 0 Å². The third-order valence-electron chi connectivity index (χ3n) is 2.47. The van der Waals surface area contributed by atoms with E-state index in [1.807, 2.05) is 0 Å². The van der Waals surface area contributed by atoms with E-state index in [4.69, 9.17) is 5.11 Å². The van der Waals surface area contributed by atoms with Gasteiger partial charge in [-0.05, 0) is 18.6 Å². The van der Waals surface area contributed by atoms with E-state index in [0.29, 0.717) is 16.8 Å². The number of aromatic amines is 1. The van der Waals surface area contributed by atoms with E-state index in [1.165, 1.54) is 13.0 Å². The molecular weight excluding hydrogens is 223 g/mol. The lowest BCUT2D eigenvalue weighted by molar-refractivity contribution is 0.0690. The predicted molar refractivity (Wildman–Crippen MR) is 60.5 cm³/mol. The number of nitrogens with one attached hydrogen (secondary N) is 1. The Balaban J connectivity index is 2.48. The molecule has 0 saturated heterocycles. The quantitative estimate of drug-likeness (QED) is 0.858. The minimum absolute atomic E-state index is 0.0127. The van der Waals surface area contributed by atoms with E-state index < -0.39 is 12.1 Å². The van der Waals surface area contributed by atoms with Crippen LogP contribution in [0, 0.1) is 0 Å². The Morgan fingerprint density at radius 3 is 2.76 bits per heavy atom. The highest BCUT2D eigenvalue weighted by Gasteiger charge is 2.14. The Morgan fingerprint density at radius 1 is 1.47 bits per heavy atom. The van der Waals surface area contributed by atoms with Crippen LogP contribution >= 0.6 is 0 Å². The summed E-state index contributed by atoms with van der Waals surface area (Å²) in [5.41, 5.74) is 1.52.